The van der Waals surface area contributed by atoms with E-state index in [1.807, 2.05) is 13.8 Å². The Morgan fingerprint density at radius 1 is 1.27 bits per heavy atom. The summed E-state index contributed by atoms with van der Waals surface area (Å²) < 4.78 is 0. The van der Waals surface area contributed by atoms with Crippen molar-refractivity contribution in [2.75, 3.05) is 0 Å². The predicted octanol–water partition coefficient (Wildman–Crippen LogP) is 0.359. The molecule has 11 heavy (non-hydrogen) atoms. The van der Waals surface area contributed by atoms with E-state index in [-0.39, 0.29) is 17.6 Å². The van der Waals surface area contributed by atoms with Crippen LogP contribution in [0.3, 0.4) is 0 Å². The van der Waals surface area contributed by atoms with Gasteiger partial charge in [-0.05, 0) is 0 Å². The lowest BCUT2D eigenvalue weighted by molar-refractivity contribution is -0.131. The SMILES string of the molecule is CC(C)[B]N1C(=O)C=CC1=O. The van der Waals surface area contributed by atoms with Gasteiger partial charge in [0, 0.05) is 12.2 Å². The van der Waals surface area contributed by atoms with E-state index in [9.17, 15) is 9.59 Å². The van der Waals surface area contributed by atoms with E-state index in [1.165, 1.54) is 12.2 Å². The summed E-state index contributed by atoms with van der Waals surface area (Å²) in [5.41, 5.74) is 0. The molecule has 0 aromatic carbocycles. The molecule has 0 saturated carbocycles. The molecular formula is C7H9BNO2. The van der Waals surface area contributed by atoms with Gasteiger partial charge in [-0.15, -0.1) is 0 Å². The van der Waals surface area contributed by atoms with Crippen molar-refractivity contribution in [2.45, 2.75) is 19.7 Å². The van der Waals surface area contributed by atoms with Crippen molar-refractivity contribution in [2.24, 2.45) is 0 Å². The van der Waals surface area contributed by atoms with Gasteiger partial charge in [0.15, 0.2) is 0 Å². The van der Waals surface area contributed by atoms with Crippen LogP contribution in [0.2, 0.25) is 5.82 Å². The molecule has 2 amide bonds. The van der Waals surface area contributed by atoms with Crippen molar-refractivity contribution >= 4 is 19.2 Å². The molecule has 1 aliphatic heterocycles. The first-order valence-corrected chi connectivity index (χ1v) is 3.51. The highest BCUT2D eigenvalue weighted by Crippen LogP contribution is 2.07. The lowest BCUT2D eigenvalue weighted by Gasteiger charge is -2.13. The fraction of sp³-hybridized carbons (Fsp3) is 0.429. The Labute approximate surface area is 66.3 Å². The maximum atomic E-state index is 10.9. The van der Waals surface area contributed by atoms with Crippen molar-refractivity contribution in [1.29, 1.82) is 0 Å². The molecule has 1 rings (SSSR count). The number of hydrogen-bond acceptors (Lipinski definition) is 2. The molecule has 0 unspecified atom stereocenters. The quantitative estimate of drug-likeness (QED) is 0.420. The first-order chi connectivity index (χ1) is 5.11. The topological polar surface area (TPSA) is 37.4 Å². The average molecular weight is 150 g/mol. The van der Waals surface area contributed by atoms with Gasteiger partial charge in [0.25, 0.3) is 7.41 Å². The van der Waals surface area contributed by atoms with E-state index in [1.54, 1.807) is 7.41 Å². The van der Waals surface area contributed by atoms with Crippen LogP contribution >= 0.6 is 0 Å². The van der Waals surface area contributed by atoms with Crippen LogP contribution in [0.4, 0.5) is 0 Å². The Bertz CT molecular complexity index is 204. The second-order valence-electron chi connectivity index (χ2n) is 2.77. The largest absolute Gasteiger partial charge is 0.326 e. The monoisotopic (exact) mass is 150 g/mol. The maximum absolute atomic E-state index is 10.9. The molecule has 1 heterocycles. The zero-order chi connectivity index (χ0) is 8.43. The van der Waals surface area contributed by atoms with Crippen molar-refractivity contribution in [3.8, 4) is 0 Å². The Morgan fingerprint density at radius 2 is 1.73 bits per heavy atom. The summed E-state index contributed by atoms with van der Waals surface area (Å²) in [5, 5.41) is 0. The summed E-state index contributed by atoms with van der Waals surface area (Å²) in [7, 11) is 1.62. The zero-order valence-electron chi connectivity index (χ0n) is 6.57. The second-order valence-corrected chi connectivity index (χ2v) is 2.77. The van der Waals surface area contributed by atoms with Crippen LogP contribution in [-0.4, -0.2) is 24.0 Å². The zero-order valence-corrected chi connectivity index (χ0v) is 6.57. The van der Waals surface area contributed by atoms with E-state index in [2.05, 4.69) is 0 Å². The molecule has 0 spiro atoms. The minimum Gasteiger partial charge on any atom is -0.326 e. The van der Waals surface area contributed by atoms with E-state index >= 15 is 0 Å². The van der Waals surface area contributed by atoms with Gasteiger partial charge < -0.3 is 4.81 Å². The minimum atomic E-state index is -0.247. The molecule has 0 aromatic rings. The summed E-state index contributed by atoms with van der Waals surface area (Å²) in [6.07, 6.45) is 2.56. The molecular weight excluding hydrogens is 141 g/mol. The van der Waals surface area contributed by atoms with Crippen LogP contribution in [0.1, 0.15) is 13.8 Å². The third-order valence-corrected chi connectivity index (χ3v) is 1.29. The molecule has 0 saturated heterocycles. The van der Waals surface area contributed by atoms with Crippen LogP contribution in [0.15, 0.2) is 12.2 Å². The van der Waals surface area contributed by atoms with Gasteiger partial charge in [-0.3, -0.25) is 9.59 Å². The highest BCUT2D eigenvalue weighted by atomic mass is 16.2. The molecule has 0 fully saturated rings. The molecule has 0 aromatic heterocycles. The van der Waals surface area contributed by atoms with E-state index < -0.39 is 0 Å². The molecule has 1 radical (unpaired) electrons. The second kappa shape index (κ2) is 2.90. The highest BCUT2D eigenvalue weighted by Gasteiger charge is 2.24. The summed E-state index contributed by atoms with van der Waals surface area (Å²) in [5.74, 6) is -0.282. The predicted molar refractivity (Wildman–Crippen MR) is 41.8 cm³/mol. The summed E-state index contributed by atoms with van der Waals surface area (Å²) in [6, 6.07) is 0. The minimum absolute atomic E-state index is 0.211. The van der Waals surface area contributed by atoms with Gasteiger partial charge in [0.05, 0.1) is 0 Å². The smallest absolute Gasteiger partial charge is 0.264 e. The van der Waals surface area contributed by atoms with E-state index in [0.29, 0.717) is 0 Å². The van der Waals surface area contributed by atoms with E-state index in [4.69, 9.17) is 0 Å². The van der Waals surface area contributed by atoms with Gasteiger partial charge in [0.1, 0.15) is 0 Å². The number of rotatable bonds is 2. The summed E-state index contributed by atoms with van der Waals surface area (Å²) in [4.78, 5) is 22.9. The lowest BCUT2D eigenvalue weighted by atomic mass is 9.76. The molecule has 4 heteroatoms. The number of hydrogen-bond donors (Lipinski definition) is 0. The molecule has 3 nitrogen and oxygen atoms in total. The van der Waals surface area contributed by atoms with Crippen molar-refractivity contribution in [1.82, 2.24) is 4.81 Å². The normalized spacial score (nSPS) is 16.8. The van der Waals surface area contributed by atoms with Gasteiger partial charge in [-0.25, -0.2) is 0 Å². The fourth-order valence-electron chi connectivity index (χ4n) is 0.857. The Kier molecular flexibility index (Phi) is 2.12. The van der Waals surface area contributed by atoms with Crippen molar-refractivity contribution in [3.63, 3.8) is 0 Å². The number of carbonyl (C=O) groups is 2. The number of amides is 2. The van der Waals surface area contributed by atoms with Crippen LogP contribution in [0.5, 0.6) is 0 Å². The summed E-state index contributed by atoms with van der Waals surface area (Å²) >= 11 is 0. The molecule has 0 aliphatic carbocycles. The average Bonchev–Trinajstić information content (AvgIpc) is 2.18. The van der Waals surface area contributed by atoms with Gasteiger partial charge >= 0.3 is 0 Å². The molecule has 0 atom stereocenters. The highest BCUT2D eigenvalue weighted by molar-refractivity contribution is 6.47. The lowest BCUT2D eigenvalue weighted by Crippen LogP contribution is -2.34. The fourth-order valence-corrected chi connectivity index (χ4v) is 0.857. The molecule has 57 valence electrons. The first-order valence-electron chi connectivity index (χ1n) is 3.51. The van der Waals surface area contributed by atoms with Crippen LogP contribution in [0, 0.1) is 0 Å². The first kappa shape index (κ1) is 8.05. The van der Waals surface area contributed by atoms with Gasteiger partial charge in [-0.2, -0.15) is 0 Å². The molecule has 1 aliphatic rings. The Hall–Kier alpha value is -1.06. The van der Waals surface area contributed by atoms with Crippen LogP contribution < -0.4 is 0 Å². The number of nitrogens with zero attached hydrogens (tertiary/aromatic N) is 1. The molecule has 0 N–H and O–H groups in total. The van der Waals surface area contributed by atoms with Gasteiger partial charge in [-0.1, -0.05) is 19.7 Å². The van der Waals surface area contributed by atoms with Crippen molar-refractivity contribution < 1.29 is 9.59 Å². The molecule has 0 bridgehead atoms. The van der Waals surface area contributed by atoms with Crippen LogP contribution in [0.25, 0.3) is 0 Å². The third kappa shape index (κ3) is 1.70. The van der Waals surface area contributed by atoms with E-state index in [0.717, 1.165) is 4.81 Å². The van der Waals surface area contributed by atoms with Gasteiger partial charge in [0.2, 0.25) is 11.8 Å². The Balaban J connectivity index is 2.59. The van der Waals surface area contributed by atoms with Crippen LogP contribution in [-0.2, 0) is 9.59 Å². The van der Waals surface area contributed by atoms with Crippen molar-refractivity contribution in [3.05, 3.63) is 12.2 Å². The number of imide groups is 1. The maximum Gasteiger partial charge on any atom is 0.264 e. The summed E-state index contributed by atoms with van der Waals surface area (Å²) in [6.45, 7) is 3.83. The number of carbonyl (C=O) groups excluding carboxylic acids is 2. The third-order valence-electron chi connectivity index (χ3n) is 1.29. The Morgan fingerprint density at radius 3 is 2.09 bits per heavy atom. The standard InChI is InChI=1S/C7H9BNO2/c1-5(2)8-9-6(10)3-4-7(9)11/h3-5H,1-2H3.